The summed E-state index contributed by atoms with van der Waals surface area (Å²) in [4.78, 5) is 35.5. The predicted molar refractivity (Wildman–Crippen MR) is 93.9 cm³/mol. The van der Waals surface area contributed by atoms with E-state index in [2.05, 4.69) is 10.6 Å². The standard InChI is InChI=1S/C17H19N5O4/c18-11-13(12-19-7-3-9-21-8-2-6-16(21)23)17(24)20-14-4-1-5-15(10-14)22(25)26/h1,4-5,10,12,19H,2-3,6-9H2,(H,20,24)/b13-12-. The summed E-state index contributed by atoms with van der Waals surface area (Å²) in [5.41, 5.74) is -0.0634. The normalized spacial score (nSPS) is 14.0. The smallest absolute Gasteiger partial charge is 0.271 e. The van der Waals surface area contributed by atoms with Gasteiger partial charge in [0.1, 0.15) is 11.6 Å². The highest BCUT2D eigenvalue weighted by Gasteiger charge is 2.18. The van der Waals surface area contributed by atoms with Gasteiger partial charge >= 0.3 is 0 Å². The van der Waals surface area contributed by atoms with Crippen molar-refractivity contribution in [2.45, 2.75) is 19.3 Å². The number of hydrogen-bond donors (Lipinski definition) is 2. The average Bonchev–Trinajstić information content (AvgIpc) is 3.03. The molecule has 2 amide bonds. The molecule has 0 unspecified atom stereocenters. The molecule has 9 heteroatoms. The summed E-state index contributed by atoms with van der Waals surface area (Å²) in [6.07, 6.45) is 3.50. The van der Waals surface area contributed by atoms with Crippen LogP contribution in [0.15, 0.2) is 36.0 Å². The first-order valence-electron chi connectivity index (χ1n) is 8.18. The van der Waals surface area contributed by atoms with Crippen LogP contribution in [0.4, 0.5) is 11.4 Å². The van der Waals surface area contributed by atoms with E-state index < -0.39 is 10.8 Å². The summed E-state index contributed by atoms with van der Waals surface area (Å²) in [7, 11) is 0. The summed E-state index contributed by atoms with van der Waals surface area (Å²) in [5.74, 6) is -0.496. The molecule has 0 saturated carbocycles. The van der Waals surface area contributed by atoms with Crippen LogP contribution in [0.25, 0.3) is 0 Å². The lowest BCUT2D eigenvalue weighted by Crippen LogP contribution is -2.27. The van der Waals surface area contributed by atoms with Gasteiger partial charge < -0.3 is 15.5 Å². The van der Waals surface area contributed by atoms with E-state index in [0.717, 1.165) is 13.0 Å². The number of nitro benzene ring substituents is 1. The molecule has 0 atom stereocenters. The van der Waals surface area contributed by atoms with Crippen LogP contribution in [0.3, 0.4) is 0 Å². The summed E-state index contributed by atoms with van der Waals surface area (Å²) in [6, 6.07) is 7.26. The molecule has 0 aromatic heterocycles. The van der Waals surface area contributed by atoms with Gasteiger partial charge in [-0.25, -0.2) is 0 Å². The van der Waals surface area contributed by atoms with Crippen molar-refractivity contribution in [1.82, 2.24) is 10.2 Å². The number of amides is 2. The Morgan fingerprint density at radius 3 is 2.92 bits per heavy atom. The van der Waals surface area contributed by atoms with Gasteiger partial charge in [-0.2, -0.15) is 5.26 Å². The number of likely N-dealkylation sites (tertiary alicyclic amines) is 1. The van der Waals surface area contributed by atoms with E-state index in [0.29, 0.717) is 25.9 Å². The van der Waals surface area contributed by atoms with Gasteiger partial charge in [-0.3, -0.25) is 19.7 Å². The highest BCUT2D eigenvalue weighted by Crippen LogP contribution is 2.17. The SMILES string of the molecule is N#C/C(=C/NCCCN1CCCC1=O)C(=O)Nc1cccc([N+](=O)[O-])c1. The van der Waals surface area contributed by atoms with Crippen molar-refractivity contribution in [3.05, 3.63) is 46.2 Å². The molecule has 2 N–H and O–H groups in total. The minimum atomic E-state index is -0.657. The molecule has 26 heavy (non-hydrogen) atoms. The Labute approximate surface area is 150 Å². The van der Waals surface area contributed by atoms with Crippen molar-refractivity contribution >= 4 is 23.2 Å². The van der Waals surface area contributed by atoms with Gasteiger partial charge in [0.05, 0.1) is 4.92 Å². The molecule has 0 radical (unpaired) electrons. The topological polar surface area (TPSA) is 128 Å². The van der Waals surface area contributed by atoms with Gasteiger partial charge in [-0.05, 0) is 18.9 Å². The van der Waals surface area contributed by atoms with Crippen LogP contribution < -0.4 is 10.6 Å². The van der Waals surface area contributed by atoms with E-state index in [1.165, 1.54) is 30.5 Å². The van der Waals surface area contributed by atoms with Crippen molar-refractivity contribution in [1.29, 1.82) is 5.26 Å². The molecule has 1 aromatic rings. The minimum Gasteiger partial charge on any atom is -0.390 e. The van der Waals surface area contributed by atoms with Crippen molar-refractivity contribution in [3.63, 3.8) is 0 Å². The molecule has 0 bridgehead atoms. The molecule has 1 aliphatic rings. The fourth-order valence-electron chi connectivity index (χ4n) is 2.53. The maximum Gasteiger partial charge on any atom is 0.271 e. The van der Waals surface area contributed by atoms with E-state index in [4.69, 9.17) is 5.26 Å². The van der Waals surface area contributed by atoms with Gasteiger partial charge in [-0.1, -0.05) is 6.07 Å². The number of nitrogens with one attached hydrogen (secondary N) is 2. The van der Waals surface area contributed by atoms with Gasteiger partial charge in [0.15, 0.2) is 0 Å². The molecule has 1 fully saturated rings. The number of nitro groups is 1. The van der Waals surface area contributed by atoms with Crippen LogP contribution in [0.2, 0.25) is 0 Å². The van der Waals surface area contributed by atoms with Crippen LogP contribution in [-0.2, 0) is 9.59 Å². The first-order valence-corrected chi connectivity index (χ1v) is 8.18. The second-order valence-corrected chi connectivity index (χ2v) is 5.72. The summed E-state index contributed by atoms with van der Waals surface area (Å²) >= 11 is 0. The number of benzene rings is 1. The van der Waals surface area contributed by atoms with E-state index in [1.54, 1.807) is 11.0 Å². The second kappa shape index (κ2) is 9.17. The van der Waals surface area contributed by atoms with E-state index in [-0.39, 0.29) is 22.9 Å². The van der Waals surface area contributed by atoms with E-state index in [1.807, 2.05) is 0 Å². The third-order valence-corrected chi connectivity index (χ3v) is 3.85. The van der Waals surface area contributed by atoms with Crippen LogP contribution in [0.1, 0.15) is 19.3 Å². The lowest BCUT2D eigenvalue weighted by atomic mass is 10.2. The summed E-state index contributed by atoms with van der Waals surface area (Å²) < 4.78 is 0. The Hall–Kier alpha value is -3.41. The lowest BCUT2D eigenvalue weighted by molar-refractivity contribution is -0.384. The number of anilines is 1. The molecule has 2 rings (SSSR count). The van der Waals surface area contributed by atoms with Crippen molar-refractivity contribution in [2.24, 2.45) is 0 Å². The molecular weight excluding hydrogens is 338 g/mol. The zero-order valence-corrected chi connectivity index (χ0v) is 14.1. The van der Waals surface area contributed by atoms with Crippen LogP contribution >= 0.6 is 0 Å². The Kier molecular flexibility index (Phi) is 6.68. The maximum absolute atomic E-state index is 12.1. The predicted octanol–water partition coefficient (Wildman–Crippen LogP) is 1.54. The highest BCUT2D eigenvalue weighted by atomic mass is 16.6. The highest BCUT2D eigenvalue weighted by molar-refractivity contribution is 6.06. The molecular formula is C17H19N5O4. The van der Waals surface area contributed by atoms with Gasteiger partial charge in [0, 0.05) is 50.1 Å². The molecule has 1 heterocycles. The van der Waals surface area contributed by atoms with Crippen LogP contribution in [0, 0.1) is 21.4 Å². The number of nitriles is 1. The molecule has 1 saturated heterocycles. The first-order chi connectivity index (χ1) is 12.5. The van der Waals surface area contributed by atoms with Gasteiger partial charge in [-0.15, -0.1) is 0 Å². The fourth-order valence-corrected chi connectivity index (χ4v) is 2.53. The number of hydrogen-bond acceptors (Lipinski definition) is 6. The number of nitrogens with zero attached hydrogens (tertiary/aromatic N) is 3. The summed E-state index contributed by atoms with van der Waals surface area (Å²) in [6.45, 7) is 1.93. The molecule has 1 aromatic carbocycles. The van der Waals surface area contributed by atoms with E-state index >= 15 is 0 Å². The largest absolute Gasteiger partial charge is 0.390 e. The van der Waals surface area contributed by atoms with Gasteiger partial charge in [0.2, 0.25) is 5.91 Å². The van der Waals surface area contributed by atoms with Gasteiger partial charge in [0.25, 0.3) is 11.6 Å². The molecule has 0 spiro atoms. The Morgan fingerprint density at radius 2 is 2.27 bits per heavy atom. The van der Waals surface area contributed by atoms with Crippen LogP contribution in [0.5, 0.6) is 0 Å². The van der Waals surface area contributed by atoms with Crippen molar-refractivity contribution < 1.29 is 14.5 Å². The monoisotopic (exact) mass is 357 g/mol. The maximum atomic E-state index is 12.1. The minimum absolute atomic E-state index is 0.145. The molecule has 136 valence electrons. The quantitative estimate of drug-likeness (QED) is 0.239. The Bertz CT molecular complexity index is 769. The second-order valence-electron chi connectivity index (χ2n) is 5.72. The number of rotatable bonds is 8. The summed E-state index contributed by atoms with van der Waals surface area (Å²) in [5, 5.41) is 25.2. The molecule has 0 aliphatic carbocycles. The van der Waals surface area contributed by atoms with Crippen LogP contribution in [-0.4, -0.2) is 41.3 Å². The average molecular weight is 357 g/mol. The third kappa shape index (κ3) is 5.31. The zero-order valence-electron chi connectivity index (χ0n) is 14.1. The zero-order chi connectivity index (χ0) is 18.9. The number of non-ortho nitro benzene ring substituents is 1. The number of carbonyl (C=O) groups excluding carboxylic acids is 2. The van der Waals surface area contributed by atoms with Crippen molar-refractivity contribution in [3.8, 4) is 6.07 Å². The molecule has 1 aliphatic heterocycles. The Morgan fingerprint density at radius 1 is 1.46 bits per heavy atom. The Balaban J connectivity index is 1.82. The third-order valence-electron chi connectivity index (χ3n) is 3.85. The molecule has 9 nitrogen and oxygen atoms in total. The number of carbonyl (C=O) groups is 2. The fraction of sp³-hybridized carbons (Fsp3) is 0.353. The van der Waals surface area contributed by atoms with Crippen molar-refractivity contribution in [2.75, 3.05) is 25.0 Å². The van der Waals surface area contributed by atoms with E-state index in [9.17, 15) is 19.7 Å². The first kappa shape index (κ1) is 18.9. The lowest BCUT2D eigenvalue weighted by Gasteiger charge is -2.14.